The summed E-state index contributed by atoms with van der Waals surface area (Å²) in [5.74, 6) is 0.815. The highest BCUT2D eigenvalue weighted by Crippen LogP contribution is 2.24. The summed E-state index contributed by atoms with van der Waals surface area (Å²) in [6, 6.07) is 12.2. The van der Waals surface area contributed by atoms with Gasteiger partial charge < -0.3 is 11.1 Å². The summed E-state index contributed by atoms with van der Waals surface area (Å²) in [6.07, 6.45) is 0. The lowest BCUT2D eigenvalue weighted by Gasteiger charge is -2.19. The van der Waals surface area contributed by atoms with Crippen LogP contribution in [0.4, 0.5) is 17.2 Å². The van der Waals surface area contributed by atoms with Crippen molar-refractivity contribution in [3.8, 4) is 0 Å². The normalized spacial score (nSPS) is 11.4. The average molecular weight is 255 g/mol. The molecule has 0 atom stereocenters. The molecule has 3 nitrogen and oxygen atoms in total. The summed E-state index contributed by atoms with van der Waals surface area (Å²) in [5, 5.41) is 3.28. The minimum absolute atomic E-state index is 0.175. The zero-order valence-corrected chi connectivity index (χ0v) is 12.0. The first kappa shape index (κ1) is 13.4. The molecule has 19 heavy (non-hydrogen) atoms. The van der Waals surface area contributed by atoms with Gasteiger partial charge in [0.25, 0.3) is 0 Å². The second kappa shape index (κ2) is 4.92. The maximum absolute atomic E-state index is 5.76. The Kier molecular flexibility index (Phi) is 3.47. The van der Waals surface area contributed by atoms with Crippen molar-refractivity contribution in [3.05, 3.63) is 47.7 Å². The van der Waals surface area contributed by atoms with Gasteiger partial charge in [0.2, 0.25) is 0 Å². The van der Waals surface area contributed by atoms with Gasteiger partial charge in [0.1, 0.15) is 5.82 Å². The van der Waals surface area contributed by atoms with Gasteiger partial charge in [-0.3, -0.25) is 0 Å². The number of anilines is 3. The third-order valence-corrected chi connectivity index (χ3v) is 3.15. The second-order valence-electron chi connectivity index (χ2n) is 5.82. The molecule has 3 N–H and O–H groups in total. The highest BCUT2D eigenvalue weighted by Gasteiger charge is 2.12. The molecule has 0 aliphatic heterocycles. The summed E-state index contributed by atoms with van der Waals surface area (Å²) >= 11 is 0. The molecule has 1 aromatic carbocycles. The molecule has 0 saturated heterocycles. The molecule has 1 heterocycles. The number of aryl methyl sites for hydroxylation is 1. The van der Waals surface area contributed by atoms with Gasteiger partial charge >= 0.3 is 0 Å². The molecule has 0 bridgehead atoms. The Morgan fingerprint density at radius 2 is 1.63 bits per heavy atom. The Morgan fingerprint density at radius 3 is 2.16 bits per heavy atom. The predicted octanol–water partition coefficient (Wildman–Crippen LogP) is 4.01. The van der Waals surface area contributed by atoms with Gasteiger partial charge in [-0.05, 0) is 42.2 Å². The standard InChI is InChI=1S/C16H21N3/c1-11-14(17)9-10-15(18-11)19-13-7-5-12(6-8-13)16(2,3)4/h5-10H,17H2,1-4H3,(H,18,19). The van der Waals surface area contributed by atoms with Crippen molar-refractivity contribution < 1.29 is 0 Å². The Bertz CT molecular complexity index is 566. The Hall–Kier alpha value is -2.03. The van der Waals surface area contributed by atoms with Crippen LogP contribution in [0, 0.1) is 6.92 Å². The molecule has 0 fully saturated rings. The molecule has 0 unspecified atom stereocenters. The van der Waals surface area contributed by atoms with Gasteiger partial charge in [0.15, 0.2) is 0 Å². The summed E-state index contributed by atoms with van der Waals surface area (Å²) in [4.78, 5) is 4.40. The van der Waals surface area contributed by atoms with Crippen molar-refractivity contribution in [1.29, 1.82) is 0 Å². The summed E-state index contributed by atoms with van der Waals surface area (Å²) < 4.78 is 0. The molecule has 0 aliphatic rings. The van der Waals surface area contributed by atoms with E-state index in [0.717, 1.165) is 17.2 Å². The largest absolute Gasteiger partial charge is 0.397 e. The number of nitrogens with zero attached hydrogens (tertiary/aromatic N) is 1. The number of rotatable bonds is 2. The number of pyridine rings is 1. The number of nitrogen functional groups attached to an aromatic ring is 1. The molecule has 0 aliphatic carbocycles. The number of benzene rings is 1. The van der Waals surface area contributed by atoms with Crippen LogP contribution >= 0.6 is 0 Å². The van der Waals surface area contributed by atoms with Gasteiger partial charge in [-0.1, -0.05) is 32.9 Å². The second-order valence-corrected chi connectivity index (χ2v) is 5.82. The lowest BCUT2D eigenvalue weighted by atomic mass is 9.87. The van der Waals surface area contributed by atoms with Crippen LogP contribution in [-0.4, -0.2) is 4.98 Å². The van der Waals surface area contributed by atoms with Crippen molar-refractivity contribution in [2.24, 2.45) is 0 Å². The number of nitrogens with two attached hydrogens (primary N) is 1. The lowest BCUT2D eigenvalue weighted by Crippen LogP contribution is -2.10. The maximum Gasteiger partial charge on any atom is 0.130 e. The van der Waals surface area contributed by atoms with E-state index in [1.54, 1.807) is 0 Å². The van der Waals surface area contributed by atoms with Crippen LogP contribution in [0.3, 0.4) is 0 Å². The van der Waals surface area contributed by atoms with Crippen LogP contribution < -0.4 is 11.1 Å². The average Bonchev–Trinajstić information content (AvgIpc) is 2.33. The molecule has 0 amide bonds. The van der Waals surface area contributed by atoms with E-state index in [0.29, 0.717) is 5.69 Å². The van der Waals surface area contributed by atoms with Crippen molar-refractivity contribution in [2.75, 3.05) is 11.1 Å². The molecule has 1 aromatic heterocycles. The molecule has 100 valence electrons. The molecule has 0 saturated carbocycles. The van der Waals surface area contributed by atoms with E-state index in [4.69, 9.17) is 5.73 Å². The number of hydrogen-bond acceptors (Lipinski definition) is 3. The number of aromatic nitrogens is 1. The monoisotopic (exact) mass is 255 g/mol. The Labute approximate surface area is 114 Å². The minimum Gasteiger partial charge on any atom is -0.397 e. The fourth-order valence-corrected chi connectivity index (χ4v) is 1.84. The van der Waals surface area contributed by atoms with E-state index in [2.05, 4.69) is 55.3 Å². The Morgan fingerprint density at radius 1 is 1.00 bits per heavy atom. The molecule has 0 spiro atoms. The maximum atomic E-state index is 5.76. The van der Waals surface area contributed by atoms with Crippen LogP contribution in [0.15, 0.2) is 36.4 Å². The van der Waals surface area contributed by atoms with Gasteiger partial charge in [-0.15, -0.1) is 0 Å². The van der Waals surface area contributed by atoms with Crippen LogP contribution in [0.5, 0.6) is 0 Å². The summed E-state index contributed by atoms with van der Waals surface area (Å²) in [6.45, 7) is 8.53. The first-order valence-electron chi connectivity index (χ1n) is 6.47. The van der Waals surface area contributed by atoms with E-state index in [1.165, 1.54) is 5.56 Å². The SMILES string of the molecule is Cc1nc(Nc2ccc(C(C)(C)C)cc2)ccc1N. The topological polar surface area (TPSA) is 50.9 Å². The highest BCUT2D eigenvalue weighted by molar-refractivity contribution is 5.59. The van der Waals surface area contributed by atoms with E-state index >= 15 is 0 Å². The quantitative estimate of drug-likeness (QED) is 0.852. The van der Waals surface area contributed by atoms with Gasteiger partial charge in [-0.25, -0.2) is 4.98 Å². The van der Waals surface area contributed by atoms with Crippen molar-refractivity contribution in [2.45, 2.75) is 33.1 Å². The van der Waals surface area contributed by atoms with Crippen LogP contribution in [0.2, 0.25) is 0 Å². The van der Waals surface area contributed by atoms with E-state index < -0.39 is 0 Å². The fraction of sp³-hybridized carbons (Fsp3) is 0.312. The third kappa shape index (κ3) is 3.25. The molecule has 3 heteroatoms. The number of hydrogen-bond donors (Lipinski definition) is 2. The zero-order chi connectivity index (χ0) is 14.0. The van der Waals surface area contributed by atoms with Crippen molar-refractivity contribution >= 4 is 17.2 Å². The summed E-state index contributed by atoms with van der Waals surface area (Å²) in [5.41, 5.74) is 9.85. The minimum atomic E-state index is 0.175. The molecular formula is C16H21N3. The van der Waals surface area contributed by atoms with Gasteiger partial charge in [0.05, 0.1) is 11.4 Å². The molecule has 2 aromatic rings. The third-order valence-electron chi connectivity index (χ3n) is 3.15. The fourth-order valence-electron chi connectivity index (χ4n) is 1.84. The lowest BCUT2D eigenvalue weighted by molar-refractivity contribution is 0.590. The number of nitrogens with one attached hydrogen (secondary N) is 1. The first-order valence-corrected chi connectivity index (χ1v) is 6.47. The van der Waals surface area contributed by atoms with E-state index in [1.807, 2.05) is 19.1 Å². The van der Waals surface area contributed by atoms with Crippen LogP contribution in [0.25, 0.3) is 0 Å². The van der Waals surface area contributed by atoms with Crippen molar-refractivity contribution in [1.82, 2.24) is 4.98 Å². The van der Waals surface area contributed by atoms with Gasteiger partial charge in [-0.2, -0.15) is 0 Å². The Balaban J connectivity index is 2.17. The van der Waals surface area contributed by atoms with Crippen molar-refractivity contribution in [3.63, 3.8) is 0 Å². The van der Waals surface area contributed by atoms with Crippen LogP contribution in [-0.2, 0) is 5.41 Å². The molecule has 0 radical (unpaired) electrons. The predicted molar refractivity (Wildman–Crippen MR) is 81.8 cm³/mol. The van der Waals surface area contributed by atoms with Gasteiger partial charge in [0, 0.05) is 5.69 Å². The zero-order valence-electron chi connectivity index (χ0n) is 12.0. The molecular weight excluding hydrogens is 234 g/mol. The van der Waals surface area contributed by atoms with E-state index in [-0.39, 0.29) is 5.41 Å². The smallest absolute Gasteiger partial charge is 0.130 e. The highest BCUT2D eigenvalue weighted by atomic mass is 15.0. The van der Waals surface area contributed by atoms with E-state index in [9.17, 15) is 0 Å². The summed E-state index contributed by atoms with van der Waals surface area (Å²) in [7, 11) is 0. The van der Waals surface area contributed by atoms with Crippen LogP contribution in [0.1, 0.15) is 32.0 Å². The first-order chi connectivity index (χ1) is 8.86. The molecule has 2 rings (SSSR count).